The minimum absolute atomic E-state index is 0.0542. The van der Waals surface area contributed by atoms with Crippen molar-refractivity contribution in [3.63, 3.8) is 0 Å². The molecule has 2 aromatic carbocycles. The van der Waals surface area contributed by atoms with Gasteiger partial charge < -0.3 is 15.8 Å². The van der Waals surface area contributed by atoms with Crippen LogP contribution in [0.3, 0.4) is 0 Å². The molecule has 0 bridgehead atoms. The summed E-state index contributed by atoms with van der Waals surface area (Å²) in [6.07, 6.45) is 1.34. The van der Waals surface area contributed by atoms with E-state index >= 15 is 0 Å². The van der Waals surface area contributed by atoms with Gasteiger partial charge in [0.2, 0.25) is 5.88 Å². The number of anilines is 3. The van der Waals surface area contributed by atoms with E-state index in [-0.39, 0.29) is 11.6 Å². The Hall–Kier alpha value is -3.15. The Kier molecular flexibility index (Phi) is 3.82. The lowest BCUT2D eigenvalue weighted by molar-refractivity contribution is 0.427. The zero-order valence-electron chi connectivity index (χ0n) is 11.5. The van der Waals surface area contributed by atoms with E-state index in [1.54, 1.807) is 12.1 Å². The molecule has 0 atom stereocenters. The third-order valence-electron chi connectivity index (χ3n) is 2.86. The van der Waals surface area contributed by atoms with E-state index in [0.717, 1.165) is 5.69 Å². The molecule has 0 radical (unpaired) electrons. The third kappa shape index (κ3) is 3.29. The third-order valence-corrected chi connectivity index (χ3v) is 2.86. The minimum Gasteiger partial charge on any atom is -0.436 e. The van der Waals surface area contributed by atoms with Crippen LogP contribution >= 0.6 is 0 Å². The molecule has 110 valence electrons. The molecular weight excluding hydrogens is 283 g/mol. The summed E-state index contributed by atoms with van der Waals surface area (Å²) in [5.74, 6) is 0.291. The smallest absolute Gasteiger partial charge is 0.224 e. The van der Waals surface area contributed by atoms with Gasteiger partial charge in [0.15, 0.2) is 11.6 Å². The second-order valence-electron chi connectivity index (χ2n) is 4.52. The first kappa shape index (κ1) is 13.8. The van der Waals surface area contributed by atoms with Crippen LogP contribution in [0.2, 0.25) is 0 Å². The van der Waals surface area contributed by atoms with Crippen LogP contribution in [-0.4, -0.2) is 9.97 Å². The first-order valence-corrected chi connectivity index (χ1v) is 6.58. The Bertz CT molecular complexity index is 780. The Balaban J connectivity index is 1.79. The van der Waals surface area contributed by atoms with E-state index in [9.17, 15) is 4.39 Å². The van der Waals surface area contributed by atoms with Crippen molar-refractivity contribution in [1.82, 2.24) is 9.97 Å². The standard InChI is InChI=1S/C16H13FN4O/c17-13-8-11(18)6-7-14(13)22-16-9-15(19-10-20-16)21-12-4-2-1-3-5-12/h1-10H,18H2,(H,19,20,21). The van der Waals surface area contributed by atoms with Crippen LogP contribution in [0.25, 0.3) is 0 Å². The molecular formula is C16H13FN4O. The predicted molar refractivity (Wildman–Crippen MR) is 82.6 cm³/mol. The van der Waals surface area contributed by atoms with E-state index < -0.39 is 5.82 Å². The Labute approximate surface area is 126 Å². The maximum absolute atomic E-state index is 13.7. The molecule has 3 N–H and O–H groups in total. The highest BCUT2D eigenvalue weighted by Crippen LogP contribution is 2.26. The van der Waals surface area contributed by atoms with Crippen LogP contribution in [0.15, 0.2) is 60.9 Å². The van der Waals surface area contributed by atoms with E-state index in [4.69, 9.17) is 10.5 Å². The molecule has 0 unspecified atom stereocenters. The first-order chi connectivity index (χ1) is 10.7. The number of nitrogens with two attached hydrogens (primary N) is 1. The number of nitrogen functional groups attached to an aromatic ring is 1. The summed E-state index contributed by atoms with van der Waals surface area (Å²) in [5.41, 5.74) is 6.71. The van der Waals surface area contributed by atoms with Crippen molar-refractivity contribution in [2.24, 2.45) is 0 Å². The van der Waals surface area contributed by atoms with Gasteiger partial charge >= 0.3 is 0 Å². The number of para-hydroxylation sites is 1. The van der Waals surface area contributed by atoms with Crippen molar-refractivity contribution < 1.29 is 9.13 Å². The summed E-state index contributed by atoms with van der Waals surface area (Å²) < 4.78 is 19.1. The molecule has 3 aromatic rings. The van der Waals surface area contributed by atoms with E-state index in [1.165, 1.54) is 18.5 Å². The average molecular weight is 296 g/mol. The molecule has 5 nitrogen and oxygen atoms in total. The highest BCUT2D eigenvalue weighted by atomic mass is 19.1. The van der Waals surface area contributed by atoms with Crippen molar-refractivity contribution >= 4 is 17.2 Å². The minimum atomic E-state index is -0.545. The fourth-order valence-corrected chi connectivity index (χ4v) is 1.85. The zero-order valence-corrected chi connectivity index (χ0v) is 11.5. The maximum Gasteiger partial charge on any atom is 0.224 e. The van der Waals surface area contributed by atoms with E-state index in [0.29, 0.717) is 11.5 Å². The van der Waals surface area contributed by atoms with Crippen LogP contribution in [-0.2, 0) is 0 Å². The number of aromatic nitrogens is 2. The normalized spacial score (nSPS) is 10.2. The summed E-state index contributed by atoms with van der Waals surface area (Å²) in [7, 11) is 0. The first-order valence-electron chi connectivity index (χ1n) is 6.58. The second kappa shape index (κ2) is 6.09. The molecule has 0 aliphatic rings. The van der Waals surface area contributed by atoms with Gasteiger partial charge in [0, 0.05) is 23.5 Å². The number of nitrogens with zero attached hydrogens (tertiary/aromatic N) is 2. The average Bonchev–Trinajstić information content (AvgIpc) is 2.52. The number of halogens is 1. The Morgan fingerprint density at radius 2 is 1.82 bits per heavy atom. The number of ether oxygens (including phenoxy) is 1. The Morgan fingerprint density at radius 1 is 1.00 bits per heavy atom. The van der Waals surface area contributed by atoms with Crippen molar-refractivity contribution in [2.45, 2.75) is 0 Å². The van der Waals surface area contributed by atoms with Crippen molar-refractivity contribution in [3.05, 3.63) is 66.7 Å². The van der Waals surface area contributed by atoms with Gasteiger partial charge in [-0.3, -0.25) is 0 Å². The molecule has 0 fully saturated rings. The topological polar surface area (TPSA) is 73.1 Å². The molecule has 0 saturated heterocycles. The highest BCUT2D eigenvalue weighted by molar-refractivity contribution is 5.56. The summed E-state index contributed by atoms with van der Waals surface area (Å²) in [6, 6.07) is 15.3. The highest BCUT2D eigenvalue weighted by Gasteiger charge is 2.07. The zero-order chi connectivity index (χ0) is 15.4. The van der Waals surface area contributed by atoms with Gasteiger partial charge in [-0.1, -0.05) is 18.2 Å². The largest absolute Gasteiger partial charge is 0.436 e. The molecule has 0 spiro atoms. The molecule has 3 rings (SSSR count). The van der Waals surface area contributed by atoms with Gasteiger partial charge in [0.1, 0.15) is 12.1 Å². The van der Waals surface area contributed by atoms with Gasteiger partial charge in [-0.25, -0.2) is 14.4 Å². The van der Waals surface area contributed by atoms with Crippen molar-refractivity contribution in [3.8, 4) is 11.6 Å². The SMILES string of the molecule is Nc1ccc(Oc2cc(Nc3ccccc3)ncn2)c(F)c1. The van der Waals surface area contributed by atoms with Gasteiger partial charge in [-0.05, 0) is 24.3 Å². The summed E-state index contributed by atoms with van der Waals surface area (Å²) >= 11 is 0. The van der Waals surface area contributed by atoms with Gasteiger partial charge in [-0.15, -0.1) is 0 Å². The lowest BCUT2D eigenvalue weighted by atomic mass is 10.3. The van der Waals surface area contributed by atoms with E-state index in [1.807, 2.05) is 30.3 Å². The number of rotatable bonds is 4. The van der Waals surface area contributed by atoms with Crippen LogP contribution in [0, 0.1) is 5.82 Å². The molecule has 1 heterocycles. The number of benzene rings is 2. The molecule has 6 heteroatoms. The summed E-state index contributed by atoms with van der Waals surface area (Å²) in [6.45, 7) is 0. The lowest BCUT2D eigenvalue weighted by Crippen LogP contribution is -1.97. The fraction of sp³-hybridized carbons (Fsp3) is 0. The van der Waals surface area contributed by atoms with Crippen molar-refractivity contribution in [1.29, 1.82) is 0 Å². The molecule has 22 heavy (non-hydrogen) atoms. The van der Waals surface area contributed by atoms with Crippen LogP contribution in [0.4, 0.5) is 21.6 Å². The number of nitrogens with one attached hydrogen (secondary N) is 1. The van der Waals surface area contributed by atoms with Crippen molar-refractivity contribution in [2.75, 3.05) is 11.1 Å². The Morgan fingerprint density at radius 3 is 2.59 bits per heavy atom. The lowest BCUT2D eigenvalue weighted by Gasteiger charge is -2.08. The monoisotopic (exact) mass is 296 g/mol. The van der Waals surface area contributed by atoms with Gasteiger partial charge in [0.05, 0.1) is 0 Å². The molecule has 1 aromatic heterocycles. The van der Waals surface area contributed by atoms with Crippen LogP contribution in [0.5, 0.6) is 11.6 Å². The fourth-order valence-electron chi connectivity index (χ4n) is 1.85. The summed E-state index contributed by atoms with van der Waals surface area (Å²) in [4.78, 5) is 8.07. The van der Waals surface area contributed by atoms with Gasteiger partial charge in [-0.2, -0.15) is 0 Å². The van der Waals surface area contributed by atoms with Crippen LogP contribution < -0.4 is 15.8 Å². The second-order valence-corrected chi connectivity index (χ2v) is 4.52. The molecule has 0 amide bonds. The number of hydrogen-bond acceptors (Lipinski definition) is 5. The molecule has 0 aliphatic carbocycles. The van der Waals surface area contributed by atoms with E-state index in [2.05, 4.69) is 15.3 Å². The number of hydrogen-bond donors (Lipinski definition) is 2. The molecule has 0 saturated carbocycles. The maximum atomic E-state index is 13.7. The summed E-state index contributed by atoms with van der Waals surface area (Å²) in [5, 5.41) is 3.11. The quantitative estimate of drug-likeness (QED) is 0.718. The predicted octanol–water partition coefficient (Wildman–Crippen LogP) is 3.73. The van der Waals surface area contributed by atoms with Gasteiger partial charge in [0.25, 0.3) is 0 Å². The van der Waals surface area contributed by atoms with Crippen LogP contribution in [0.1, 0.15) is 0 Å². The molecule has 0 aliphatic heterocycles.